The first-order valence-corrected chi connectivity index (χ1v) is 15.1. The summed E-state index contributed by atoms with van der Waals surface area (Å²) >= 11 is 0. The largest absolute Gasteiger partial charge is 0.480 e. The van der Waals surface area contributed by atoms with Crippen LogP contribution in [-0.4, -0.2) is 52.8 Å². The fourth-order valence-electron chi connectivity index (χ4n) is 7.36. The van der Waals surface area contributed by atoms with Crippen LogP contribution >= 0.6 is 0 Å². The van der Waals surface area contributed by atoms with Crippen LogP contribution in [0.4, 0.5) is 0 Å². The topological polar surface area (TPSA) is 143 Å². The molecule has 3 fully saturated rings. The van der Waals surface area contributed by atoms with Crippen LogP contribution in [-0.2, 0) is 26.2 Å². The van der Waals surface area contributed by atoms with Crippen molar-refractivity contribution in [2.45, 2.75) is 103 Å². The zero-order valence-electron chi connectivity index (χ0n) is 22.2. The van der Waals surface area contributed by atoms with Crippen molar-refractivity contribution in [1.82, 2.24) is 14.6 Å². The van der Waals surface area contributed by atoms with Crippen molar-refractivity contribution in [3.63, 3.8) is 0 Å². The number of carboxylic acids is 1. The Morgan fingerprint density at radius 1 is 1.19 bits per heavy atom. The number of pyridine rings is 1. The predicted molar refractivity (Wildman–Crippen MR) is 140 cm³/mol. The van der Waals surface area contributed by atoms with Crippen LogP contribution in [0, 0.1) is 22.7 Å². The van der Waals surface area contributed by atoms with Gasteiger partial charge in [-0.05, 0) is 60.0 Å². The maximum absolute atomic E-state index is 14.0. The van der Waals surface area contributed by atoms with Crippen LogP contribution in [0.15, 0.2) is 24.5 Å². The van der Waals surface area contributed by atoms with Gasteiger partial charge < -0.3 is 10.4 Å². The van der Waals surface area contributed by atoms with Gasteiger partial charge in [0.15, 0.2) is 0 Å². The van der Waals surface area contributed by atoms with Gasteiger partial charge >= 0.3 is 5.97 Å². The number of carbonyl (C=O) groups excluding carboxylic acids is 1. The Labute approximate surface area is 220 Å². The average molecular weight is 535 g/mol. The van der Waals surface area contributed by atoms with E-state index in [1.54, 1.807) is 18.3 Å². The molecule has 37 heavy (non-hydrogen) atoms. The molecule has 0 radical (unpaired) electrons. The molecule has 4 rings (SSSR count). The van der Waals surface area contributed by atoms with E-state index in [2.05, 4.69) is 31.1 Å². The van der Waals surface area contributed by atoms with Gasteiger partial charge in [-0.1, -0.05) is 58.9 Å². The summed E-state index contributed by atoms with van der Waals surface area (Å²) in [5, 5.41) is 19.1. The summed E-state index contributed by atoms with van der Waals surface area (Å²) in [4.78, 5) is 30.5. The molecule has 1 aromatic rings. The monoisotopic (exact) mass is 534 g/mol. The number of nitrogens with one attached hydrogen (secondary N) is 1. The highest BCUT2D eigenvalue weighted by molar-refractivity contribution is 7.86. The molecule has 1 heterocycles. The van der Waals surface area contributed by atoms with Crippen molar-refractivity contribution in [1.29, 1.82) is 0 Å². The van der Waals surface area contributed by atoms with Crippen molar-refractivity contribution in [3.8, 4) is 0 Å². The van der Waals surface area contributed by atoms with E-state index in [4.69, 9.17) is 5.14 Å². The number of aliphatic carboxylic acids is 1. The Bertz CT molecular complexity index is 1090. The zero-order chi connectivity index (χ0) is 27.0. The smallest absolute Gasteiger partial charge is 0.322 e. The van der Waals surface area contributed by atoms with Crippen LogP contribution in [0.5, 0.6) is 0 Å². The molecular weight excluding hydrogens is 492 g/mol. The van der Waals surface area contributed by atoms with Gasteiger partial charge in [-0.25, -0.2) is 5.14 Å². The van der Waals surface area contributed by atoms with E-state index in [-0.39, 0.29) is 35.6 Å². The summed E-state index contributed by atoms with van der Waals surface area (Å²) in [6.45, 7) is 6.71. The highest BCUT2D eigenvalue weighted by atomic mass is 32.2. The Balaban J connectivity index is 1.67. The van der Waals surface area contributed by atoms with Crippen molar-refractivity contribution in [2.75, 3.05) is 0 Å². The fourth-order valence-corrected chi connectivity index (χ4v) is 8.41. The highest BCUT2D eigenvalue weighted by Crippen LogP contribution is 2.65. The molecule has 3 aliphatic rings. The van der Waals surface area contributed by atoms with Gasteiger partial charge in [-0.15, -0.1) is 0 Å². The number of carboxylic acid groups (broad SMARTS) is 1. The van der Waals surface area contributed by atoms with E-state index in [9.17, 15) is 23.1 Å². The van der Waals surface area contributed by atoms with E-state index >= 15 is 0 Å². The van der Waals surface area contributed by atoms with Gasteiger partial charge in [-0.3, -0.25) is 14.6 Å². The van der Waals surface area contributed by atoms with Crippen molar-refractivity contribution in [3.05, 3.63) is 30.1 Å². The molecule has 2 bridgehead atoms. The molecule has 3 aliphatic carbocycles. The second-order valence-electron chi connectivity index (χ2n) is 12.2. The number of carbonyl (C=O) groups is 2. The van der Waals surface area contributed by atoms with Crippen LogP contribution in [0.25, 0.3) is 0 Å². The van der Waals surface area contributed by atoms with Crippen molar-refractivity contribution < 1.29 is 23.1 Å². The molecule has 5 atom stereocenters. The van der Waals surface area contributed by atoms with Gasteiger partial charge in [0.25, 0.3) is 10.2 Å². The molecule has 0 unspecified atom stereocenters. The Morgan fingerprint density at radius 2 is 1.89 bits per heavy atom. The average Bonchev–Trinajstić information content (AvgIpc) is 3.17. The molecule has 0 aliphatic heterocycles. The number of fused-ring (bicyclic) bond motifs is 2. The standard InChI is InChI=1S/C27H42N4O5S/c1-26(2)20-11-12-27(26,3)23(16-20)30-24(32)21(14-18-8-5-4-6-9-18)31(37(28,35)36)22(25(33)34)15-19-10-7-13-29-17-19/h7,10,13,17-18,20-23H,4-6,8-9,11-12,14-16H2,1-3H3,(H,30,32)(H,33,34)(H2,28,35,36)/t20-,21+,22+,23+,27+/m1/s1. The number of hydrogen-bond donors (Lipinski definition) is 3. The molecule has 10 heteroatoms. The molecule has 0 saturated heterocycles. The van der Waals surface area contributed by atoms with Gasteiger partial charge in [-0.2, -0.15) is 12.7 Å². The quantitative estimate of drug-likeness (QED) is 0.420. The molecule has 3 saturated carbocycles. The van der Waals surface area contributed by atoms with Crippen LogP contribution in [0.1, 0.15) is 84.1 Å². The first kappa shape index (κ1) is 28.0. The highest BCUT2D eigenvalue weighted by Gasteiger charge is 2.62. The lowest BCUT2D eigenvalue weighted by molar-refractivity contribution is -0.143. The maximum atomic E-state index is 14.0. The fraction of sp³-hybridized carbons (Fsp3) is 0.741. The van der Waals surface area contributed by atoms with E-state index < -0.39 is 34.2 Å². The minimum atomic E-state index is -4.53. The van der Waals surface area contributed by atoms with Crippen molar-refractivity contribution >= 4 is 22.1 Å². The first-order chi connectivity index (χ1) is 17.3. The minimum absolute atomic E-state index is 0.0629. The molecule has 4 N–H and O–H groups in total. The lowest BCUT2D eigenvalue weighted by Gasteiger charge is -2.41. The summed E-state index contributed by atoms with van der Waals surface area (Å²) in [5.41, 5.74) is 0.521. The molecule has 1 amide bonds. The lowest BCUT2D eigenvalue weighted by Crippen LogP contribution is -2.61. The van der Waals surface area contributed by atoms with E-state index in [1.165, 1.54) is 6.20 Å². The second kappa shape index (κ2) is 10.6. The third kappa shape index (κ3) is 5.56. The van der Waals surface area contributed by atoms with Gasteiger partial charge in [0.1, 0.15) is 12.1 Å². The number of nitrogens with zero attached hydrogens (tertiary/aromatic N) is 2. The van der Waals surface area contributed by atoms with E-state index in [0.717, 1.165) is 55.7 Å². The second-order valence-corrected chi connectivity index (χ2v) is 13.7. The van der Waals surface area contributed by atoms with Crippen molar-refractivity contribution in [2.24, 2.45) is 27.8 Å². The zero-order valence-corrected chi connectivity index (χ0v) is 23.0. The molecule has 206 valence electrons. The Morgan fingerprint density at radius 3 is 2.41 bits per heavy atom. The molecule has 1 aromatic heterocycles. The minimum Gasteiger partial charge on any atom is -0.480 e. The van der Waals surface area contributed by atoms with Crippen LogP contribution < -0.4 is 10.5 Å². The molecule has 9 nitrogen and oxygen atoms in total. The SMILES string of the molecule is CC1(C)[C@@H]2CC[C@@]1(C)[C@@H](NC(=O)[C@H](CC1CCCCC1)N([C@@H](Cc1cccnc1)C(=O)O)S(N)(=O)=O)C2. The number of amides is 1. The Hall–Kier alpha value is -2.04. The summed E-state index contributed by atoms with van der Waals surface area (Å²) < 4.78 is 26.8. The number of nitrogens with two attached hydrogens (primary N) is 1. The summed E-state index contributed by atoms with van der Waals surface area (Å²) in [6, 6.07) is 0.552. The third-order valence-electron chi connectivity index (χ3n) is 10.0. The van der Waals surface area contributed by atoms with Gasteiger partial charge in [0, 0.05) is 24.9 Å². The Kier molecular flexibility index (Phi) is 8.03. The van der Waals surface area contributed by atoms with Crippen LogP contribution in [0.2, 0.25) is 0 Å². The summed E-state index contributed by atoms with van der Waals surface area (Å²) in [6.07, 6.45) is 11.1. The normalized spacial score (nSPS) is 29.2. The summed E-state index contributed by atoms with van der Waals surface area (Å²) in [5.74, 6) is -1.15. The number of hydrogen-bond acceptors (Lipinski definition) is 5. The first-order valence-electron chi connectivity index (χ1n) is 13.6. The number of rotatable bonds is 10. The van der Waals surface area contributed by atoms with E-state index in [0.29, 0.717) is 11.5 Å². The molecular formula is C27H42N4O5S. The maximum Gasteiger partial charge on any atom is 0.322 e. The lowest BCUT2D eigenvalue weighted by atomic mass is 9.69. The van der Waals surface area contributed by atoms with Gasteiger partial charge in [0.05, 0.1) is 0 Å². The molecule has 0 aromatic carbocycles. The van der Waals surface area contributed by atoms with E-state index in [1.807, 2.05) is 0 Å². The number of aromatic nitrogens is 1. The van der Waals surface area contributed by atoms with Gasteiger partial charge in [0.2, 0.25) is 5.91 Å². The van der Waals surface area contributed by atoms with Crippen LogP contribution in [0.3, 0.4) is 0 Å². The third-order valence-corrected chi connectivity index (χ3v) is 11.1. The predicted octanol–water partition coefficient (Wildman–Crippen LogP) is 3.25. The molecule has 0 spiro atoms. The summed E-state index contributed by atoms with van der Waals surface area (Å²) in [7, 11) is -4.53.